The van der Waals surface area contributed by atoms with E-state index in [1.807, 2.05) is 12.1 Å². The fraction of sp³-hybridized carbons (Fsp3) is 0.571. The molecule has 1 aromatic heterocycles. The summed E-state index contributed by atoms with van der Waals surface area (Å²) in [6.45, 7) is 8.32. The molecule has 0 fully saturated rings. The van der Waals surface area contributed by atoms with Gasteiger partial charge < -0.3 is 15.3 Å². The Morgan fingerprint density at radius 1 is 1.33 bits per heavy atom. The van der Waals surface area contributed by atoms with E-state index in [9.17, 15) is 18.8 Å². The molecule has 2 rings (SSSR count). The lowest BCUT2D eigenvalue weighted by atomic mass is 9.83. The van der Waals surface area contributed by atoms with Gasteiger partial charge in [0.2, 0.25) is 5.60 Å². The van der Waals surface area contributed by atoms with Gasteiger partial charge in [0.15, 0.2) is 5.78 Å². The third-order valence-electron chi connectivity index (χ3n) is 5.19. The number of nitrogens with zero attached hydrogens (tertiary/aromatic N) is 2. The molecule has 1 aliphatic heterocycles. The molecule has 8 nitrogen and oxygen atoms in total. The number of nitrogens with one attached hydrogen (secondary N) is 1. The quantitative estimate of drug-likeness (QED) is 0.665. The van der Waals surface area contributed by atoms with Gasteiger partial charge in [-0.05, 0) is 23.1 Å². The summed E-state index contributed by atoms with van der Waals surface area (Å²) in [5, 5.41) is 15.4. The monoisotopic (exact) mass is 421 g/mol. The molecular formula is C21H28FN3O5. The summed E-state index contributed by atoms with van der Waals surface area (Å²) in [4.78, 5) is 45.7. The van der Waals surface area contributed by atoms with Crippen molar-refractivity contribution in [1.29, 1.82) is 0 Å². The predicted octanol–water partition coefficient (Wildman–Crippen LogP) is 2.40. The van der Waals surface area contributed by atoms with Gasteiger partial charge in [-0.25, -0.2) is 4.39 Å². The number of ketones is 1. The number of alkyl halides is 1. The Hall–Kier alpha value is -2.84. The van der Waals surface area contributed by atoms with Gasteiger partial charge in [0.1, 0.15) is 18.4 Å². The van der Waals surface area contributed by atoms with Crippen molar-refractivity contribution >= 4 is 23.4 Å². The van der Waals surface area contributed by atoms with Crippen LogP contribution in [0.1, 0.15) is 58.7 Å². The number of hydrogen-bond donors (Lipinski definition) is 2. The molecule has 2 N–H and O–H groups in total. The Morgan fingerprint density at radius 3 is 2.53 bits per heavy atom. The van der Waals surface area contributed by atoms with Crippen molar-refractivity contribution in [3.05, 3.63) is 29.6 Å². The molecule has 0 spiro atoms. The number of oxime groups is 1. The average Bonchev–Trinajstić information content (AvgIpc) is 3.13. The van der Waals surface area contributed by atoms with E-state index in [2.05, 4.69) is 36.2 Å². The van der Waals surface area contributed by atoms with Crippen LogP contribution in [0.2, 0.25) is 0 Å². The summed E-state index contributed by atoms with van der Waals surface area (Å²) in [6, 6.07) is 2.31. The molecule has 2 atom stereocenters. The van der Waals surface area contributed by atoms with Crippen LogP contribution in [0.3, 0.4) is 0 Å². The highest BCUT2D eigenvalue weighted by atomic mass is 19.1. The molecule has 1 aliphatic rings. The molecule has 0 saturated heterocycles. The molecule has 9 heteroatoms. The number of hydrogen-bond acceptors (Lipinski definition) is 6. The van der Waals surface area contributed by atoms with Crippen molar-refractivity contribution in [2.75, 3.05) is 6.67 Å². The van der Waals surface area contributed by atoms with E-state index in [1.165, 1.54) is 0 Å². The molecule has 1 amide bonds. The van der Waals surface area contributed by atoms with E-state index >= 15 is 0 Å². The highest BCUT2D eigenvalue weighted by Gasteiger charge is 2.50. The number of Topliss-reactive ketones (excluding diaryl/α,β-unsaturated/α-hetero) is 1. The summed E-state index contributed by atoms with van der Waals surface area (Å²) in [5.41, 5.74) is 0.510. The number of rotatable bonds is 8. The third-order valence-corrected chi connectivity index (χ3v) is 5.19. The lowest BCUT2D eigenvalue weighted by Gasteiger charge is -2.30. The predicted molar refractivity (Wildman–Crippen MR) is 108 cm³/mol. The molecule has 164 valence electrons. The topological polar surface area (TPSA) is 118 Å². The highest BCUT2D eigenvalue weighted by molar-refractivity contribution is 6.05. The molecule has 1 aromatic rings. The number of aliphatic carboxylic acids is 1. The fourth-order valence-electron chi connectivity index (χ4n) is 3.13. The number of amides is 1. The summed E-state index contributed by atoms with van der Waals surface area (Å²) in [7, 11) is 0. The molecule has 0 aliphatic carbocycles. The first-order chi connectivity index (χ1) is 13.9. The summed E-state index contributed by atoms with van der Waals surface area (Å²) >= 11 is 0. The lowest BCUT2D eigenvalue weighted by molar-refractivity contribution is -0.152. The smallest absolute Gasteiger partial charge is 0.305 e. The first kappa shape index (κ1) is 23.4. The van der Waals surface area contributed by atoms with Crippen LogP contribution < -0.4 is 5.32 Å². The number of carboxylic acids is 1. The number of carboxylic acid groups (broad SMARTS) is 1. The van der Waals surface area contributed by atoms with Gasteiger partial charge in [0, 0.05) is 18.5 Å². The fourth-order valence-corrected chi connectivity index (χ4v) is 3.13. The second kappa shape index (κ2) is 8.89. The van der Waals surface area contributed by atoms with E-state index in [4.69, 9.17) is 9.94 Å². The van der Waals surface area contributed by atoms with E-state index in [0.717, 1.165) is 5.56 Å². The summed E-state index contributed by atoms with van der Waals surface area (Å²) < 4.78 is 12.8. The minimum absolute atomic E-state index is 0.0840. The normalized spacial score (nSPS) is 19.8. The van der Waals surface area contributed by atoms with Crippen molar-refractivity contribution in [2.24, 2.45) is 11.1 Å². The van der Waals surface area contributed by atoms with Gasteiger partial charge in [-0.15, -0.1) is 0 Å². The van der Waals surface area contributed by atoms with E-state index < -0.39 is 42.4 Å². The number of carbonyl (C=O) groups excluding carboxylic acids is 2. The van der Waals surface area contributed by atoms with Crippen molar-refractivity contribution in [3.8, 4) is 0 Å². The Bertz CT molecular complexity index is 862. The maximum absolute atomic E-state index is 13.0. The first-order valence-electron chi connectivity index (χ1n) is 9.74. The highest BCUT2D eigenvalue weighted by Crippen LogP contribution is 2.34. The summed E-state index contributed by atoms with van der Waals surface area (Å²) in [6.07, 6.45) is 1.03. The Balaban J connectivity index is 2.27. The average molecular weight is 421 g/mol. The van der Waals surface area contributed by atoms with Crippen LogP contribution in [0.15, 0.2) is 23.5 Å². The maximum atomic E-state index is 13.0. The molecule has 2 heterocycles. The molecule has 0 unspecified atom stereocenters. The first-order valence-corrected chi connectivity index (χ1v) is 9.74. The van der Waals surface area contributed by atoms with Gasteiger partial charge in [-0.2, -0.15) is 0 Å². The number of carbonyl (C=O) groups is 3. The van der Waals surface area contributed by atoms with E-state index in [1.54, 1.807) is 20.0 Å². The summed E-state index contributed by atoms with van der Waals surface area (Å²) in [5.74, 6) is -3.41. The Morgan fingerprint density at radius 2 is 2.00 bits per heavy atom. The van der Waals surface area contributed by atoms with Crippen molar-refractivity contribution < 1.29 is 28.7 Å². The van der Waals surface area contributed by atoms with Crippen LogP contribution in [-0.4, -0.2) is 51.8 Å². The van der Waals surface area contributed by atoms with Gasteiger partial charge in [-0.1, -0.05) is 39.8 Å². The van der Waals surface area contributed by atoms with Gasteiger partial charge in [0.05, 0.1) is 12.1 Å². The Labute approximate surface area is 174 Å². The SMILES string of the molecule is CC(C)[C@@]1(C(=O)N[C@@H](CC(=O)O)C(=O)CF)CC(c2cc(C(C)(C)C)ccn2)=NO1. The van der Waals surface area contributed by atoms with Gasteiger partial charge in [0.25, 0.3) is 5.91 Å². The number of aromatic nitrogens is 1. The number of pyridine rings is 1. The second-order valence-corrected chi connectivity index (χ2v) is 8.75. The largest absolute Gasteiger partial charge is 0.481 e. The molecule has 0 radical (unpaired) electrons. The van der Waals surface area contributed by atoms with Gasteiger partial charge >= 0.3 is 5.97 Å². The minimum Gasteiger partial charge on any atom is -0.481 e. The van der Waals surface area contributed by atoms with Crippen LogP contribution in [0, 0.1) is 5.92 Å². The zero-order valence-electron chi connectivity index (χ0n) is 17.9. The van der Waals surface area contributed by atoms with Crippen LogP contribution >= 0.6 is 0 Å². The lowest BCUT2D eigenvalue weighted by Crippen LogP contribution is -2.55. The number of halogens is 1. The third kappa shape index (κ3) is 5.01. The van der Waals surface area contributed by atoms with Crippen LogP contribution in [-0.2, 0) is 24.6 Å². The van der Waals surface area contributed by atoms with Gasteiger partial charge in [-0.3, -0.25) is 19.4 Å². The van der Waals surface area contributed by atoms with Crippen LogP contribution in [0.4, 0.5) is 4.39 Å². The zero-order chi connectivity index (χ0) is 22.7. The minimum atomic E-state index is -1.48. The zero-order valence-corrected chi connectivity index (χ0v) is 17.9. The second-order valence-electron chi connectivity index (χ2n) is 8.75. The van der Waals surface area contributed by atoms with Crippen LogP contribution in [0.5, 0.6) is 0 Å². The van der Waals surface area contributed by atoms with Crippen molar-refractivity contribution in [1.82, 2.24) is 10.3 Å². The molecule has 30 heavy (non-hydrogen) atoms. The Kier molecular flexibility index (Phi) is 6.95. The molecular weight excluding hydrogens is 393 g/mol. The van der Waals surface area contributed by atoms with E-state index in [-0.39, 0.29) is 17.8 Å². The standard InChI is InChI=1S/C21H28FN3O5/c1-12(2)21(19(29)24-15(9-18(27)28)17(26)11-22)10-16(25-30-21)14-8-13(6-7-23-14)20(3,4)5/h6-8,12,15H,9-11H2,1-5H3,(H,24,29)(H,27,28)/t15-,21+/m0/s1. The van der Waals surface area contributed by atoms with Crippen LogP contribution in [0.25, 0.3) is 0 Å². The van der Waals surface area contributed by atoms with E-state index in [0.29, 0.717) is 11.4 Å². The molecule has 0 bridgehead atoms. The maximum Gasteiger partial charge on any atom is 0.305 e. The van der Waals surface area contributed by atoms with Crippen molar-refractivity contribution in [3.63, 3.8) is 0 Å². The molecule has 0 aromatic carbocycles. The van der Waals surface area contributed by atoms with Crippen molar-refractivity contribution in [2.45, 2.75) is 64.5 Å². The molecule has 0 saturated carbocycles.